The third-order valence-corrected chi connectivity index (χ3v) is 6.67. The number of allylic oxidation sites excluding steroid dienone is 1. The molecule has 178 valence electrons. The van der Waals surface area contributed by atoms with Gasteiger partial charge in [0.15, 0.2) is 16.3 Å². The molecule has 2 aliphatic heterocycles. The molecule has 0 aliphatic carbocycles. The van der Waals surface area contributed by atoms with Gasteiger partial charge in [0, 0.05) is 0 Å². The predicted octanol–water partition coefficient (Wildman–Crippen LogP) is 2.23. The monoisotopic (exact) mass is 492 g/mol. The van der Waals surface area contributed by atoms with E-state index in [1.807, 2.05) is 0 Å². The van der Waals surface area contributed by atoms with Gasteiger partial charge in [0.05, 0.1) is 34.0 Å². The summed E-state index contributed by atoms with van der Waals surface area (Å²) >= 11 is 1.19. The predicted molar refractivity (Wildman–Crippen MR) is 126 cm³/mol. The van der Waals surface area contributed by atoms with Gasteiger partial charge in [0.1, 0.15) is 0 Å². The van der Waals surface area contributed by atoms with E-state index in [1.54, 1.807) is 50.3 Å². The van der Waals surface area contributed by atoms with Crippen LogP contribution in [0.1, 0.15) is 41.4 Å². The number of esters is 1. The van der Waals surface area contributed by atoms with Crippen molar-refractivity contribution in [1.29, 1.82) is 0 Å². The first kappa shape index (κ1) is 22.6. The molecular formula is C25H20N2O7S. The number of rotatable bonds is 5. The lowest BCUT2D eigenvalue weighted by Crippen LogP contribution is -2.39. The first-order valence-electron chi connectivity index (χ1n) is 10.8. The normalized spacial score (nSPS) is 16.6. The van der Waals surface area contributed by atoms with Crippen LogP contribution in [-0.4, -0.2) is 35.0 Å². The molecule has 35 heavy (non-hydrogen) atoms. The lowest BCUT2D eigenvalue weighted by molar-refractivity contribution is -0.139. The fourth-order valence-electron chi connectivity index (χ4n) is 4.06. The number of carbonyl (C=O) groups excluding carboxylic acids is 1. The Morgan fingerprint density at radius 3 is 2.66 bits per heavy atom. The summed E-state index contributed by atoms with van der Waals surface area (Å²) in [7, 11) is 0. The van der Waals surface area contributed by atoms with E-state index in [2.05, 4.69) is 4.99 Å². The smallest absolute Gasteiger partial charge is 0.338 e. The average molecular weight is 493 g/mol. The average Bonchev–Trinajstić information content (AvgIpc) is 3.42. The molecule has 0 saturated heterocycles. The van der Waals surface area contributed by atoms with Gasteiger partial charge in [-0.15, -0.1) is 0 Å². The standard InChI is InChI=1S/C25H20N2O7S/c1-3-32-24(31)20-13(2)26-25-27(21(20)16-8-9-17-18(11-16)34-12-33-17)22(28)19(35-25)10-14-4-6-15(7-5-14)23(29)30/h4-11,21H,3,12H2,1-2H3,(H,29,30)/b19-10+. The van der Waals surface area contributed by atoms with Crippen molar-refractivity contribution in [1.82, 2.24) is 4.57 Å². The summed E-state index contributed by atoms with van der Waals surface area (Å²) < 4.78 is 18.1. The Hall–Kier alpha value is -4.18. The lowest BCUT2D eigenvalue weighted by atomic mass is 9.95. The highest BCUT2D eigenvalue weighted by molar-refractivity contribution is 7.07. The molecule has 0 spiro atoms. The lowest BCUT2D eigenvalue weighted by Gasteiger charge is -2.24. The van der Waals surface area contributed by atoms with E-state index in [-0.39, 0.29) is 30.1 Å². The number of hydrogen-bond acceptors (Lipinski definition) is 8. The van der Waals surface area contributed by atoms with Gasteiger partial charge in [-0.05, 0) is 55.3 Å². The molecule has 0 bridgehead atoms. The second kappa shape index (κ2) is 8.88. The molecule has 0 fully saturated rings. The van der Waals surface area contributed by atoms with Crippen LogP contribution in [0.2, 0.25) is 0 Å². The van der Waals surface area contributed by atoms with E-state index >= 15 is 0 Å². The van der Waals surface area contributed by atoms with Crippen LogP contribution in [0.5, 0.6) is 11.5 Å². The number of thiazole rings is 1. The Morgan fingerprint density at radius 1 is 1.20 bits per heavy atom. The summed E-state index contributed by atoms with van der Waals surface area (Å²) in [6, 6.07) is 10.7. The number of hydrogen-bond donors (Lipinski definition) is 1. The fraction of sp³-hybridized carbons (Fsp3) is 0.200. The van der Waals surface area contributed by atoms with E-state index < -0.39 is 18.0 Å². The molecule has 10 heteroatoms. The zero-order valence-corrected chi connectivity index (χ0v) is 19.6. The number of fused-ring (bicyclic) bond motifs is 2. The van der Waals surface area contributed by atoms with Gasteiger partial charge in [-0.25, -0.2) is 14.6 Å². The molecule has 0 saturated carbocycles. The molecule has 1 aromatic heterocycles. The van der Waals surface area contributed by atoms with Crippen molar-refractivity contribution in [2.24, 2.45) is 4.99 Å². The van der Waals surface area contributed by atoms with Crippen LogP contribution >= 0.6 is 11.3 Å². The maximum absolute atomic E-state index is 13.6. The van der Waals surface area contributed by atoms with E-state index in [1.165, 1.54) is 28.0 Å². The highest BCUT2D eigenvalue weighted by Gasteiger charge is 2.34. The largest absolute Gasteiger partial charge is 0.478 e. The van der Waals surface area contributed by atoms with Crippen LogP contribution in [0.15, 0.2) is 63.5 Å². The Morgan fingerprint density at radius 2 is 1.94 bits per heavy atom. The number of carboxylic acids is 1. The number of ether oxygens (including phenoxy) is 3. The van der Waals surface area contributed by atoms with Gasteiger partial charge in [-0.3, -0.25) is 9.36 Å². The summed E-state index contributed by atoms with van der Waals surface area (Å²) in [5.74, 6) is -0.457. The first-order chi connectivity index (χ1) is 16.9. The molecule has 0 amide bonds. The Balaban J connectivity index is 1.68. The van der Waals surface area contributed by atoms with Crippen molar-refractivity contribution < 1.29 is 28.9 Å². The molecular weight excluding hydrogens is 472 g/mol. The van der Waals surface area contributed by atoms with E-state index in [4.69, 9.17) is 19.3 Å². The molecule has 5 rings (SSSR count). The van der Waals surface area contributed by atoms with Crippen molar-refractivity contribution in [2.75, 3.05) is 13.4 Å². The first-order valence-corrected chi connectivity index (χ1v) is 11.6. The van der Waals surface area contributed by atoms with Crippen LogP contribution in [-0.2, 0) is 9.53 Å². The molecule has 2 aliphatic rings. The van der Waals surface area contributed by atoms with Crippen LogP contribution in [0.4, 0.5) is 0 Å². The van der Waals surface area contributed by atoms with Crippen LogP contribution in [0.25, 0.3) is 6.08 Å². The van der Waals surface area contributed by atoms with Crippen molar-refractivity contribution in [2.45, 2.75) is 19.9 Å². The SMILES string of the molecule is CCOC(=O)C1=C(C)N=c2s/c(=C/c3ccc(C(=O)O)cc3)c(=O)n2C1c1ccc2c(c1)OCO2. The quantitative estimate of drug-likeness (QED) is 0.543. The van der Waals surface area contributed by atoms with Crippen molar-refractivity contribution >= 4 is 29.4 Å². The number of benzene rings is 2. The molecule has 3 heterocycles. The summed E-state index contributed by atoms with van der Waals surface area (Å²) in [5.41, 5.74) is 1.89. The minimum atomic E-state index is -1.03. The summed E-state index contributed by atoms with van der Waals surface area (Å²) in [6.07, 6.45) is 1.68. The van der Waals surface area contributed by atoms with Gasteiger partial charge in [-0.1, -0.05) is 29.5 Å². The van der Waals surface area contributed by atoms with Gasteiger partial charge < -0.3 is 19.3 Å². The molecule has 1 unspecified atom stereocenters. The zero-order valence-electron chi connectivity index (χ0n) is 18.8. The molecule has 9 nitrogen and oxygen atoms in total. The Kier molecular flexibility index (Phi) is 5.73. The second-order valence-electron chi connectivity index (χ2n) is 7.84. The highest BCUT2D eigenvalue weighted by atomic mass is 32.1. The fourth-order valence-corrected chi connectivity index (χ4v) is 5.11. The van der Waals surface area contributed by atoms with Gasteiger partial charge >= 0.3 is 11.9 Å². The van der Waals surface area contributed by atoms with Crippen molar-refractivity contribution in [3.05, 3.63) is 90.1 Å². The molecule has 0 radical (unpaired) electrons. The number of carboxylic acid groups (broad SMARTS) is 1. The second-order valence-corrected chi connectivity index (χ2v) is 8.85. The number of carbonyl (C=O) groups is 2. The Labute approximate surface area is 202 Å². The molecule has 2 aromatic carbocycles. The Bertz CT molecular complexity index is 1560. The minimum Gasteiger partial charge on any atom is -0.478 e. The van der Waals surface area contributed by atoms with Crippen molar-refractivity contribution in [3.8, 4) is 11.5 Å². The van der Waals surface area contributed by atoms with Crippen molar-refractivity contribution in [3.63, 3.8) is 0 Å². The number of aromatic carboxylic acids is 1. The summed E-state index contributed by atoms with van der Waals surface area (Å²) in [6.45, 7) is 3.71. The third-order valence-electron chi connectivity index (χ3n) is 5.68. The number of aromatic nitrogens is 1. The van der Waals surface area contributed by atoms with E-state index in [0.29, 0.717) is 37.7 Å². The summed E-state index contributed by atoms with van der Waals surface area (Å²) in [4.78, 5) is 42.7. The maximum Gasteiger partial charge on any atom is 0.338 e. The highest BCUT2D eigenvalue weighted by Crippen LogP contribution is 2.38. The summed E-state index contributed by atoms with van der Waals surface area (Å²) in [5, 5.41) is 9.12. The minimum absolute atomic E-state index is 0.0990. The van der Waals surface area contributed by atoms with Crippen LogP contribution in [0.3, 0.4) is 0 Å². The van der Waals surface area contributed by atoms with Gasteiger partial charge in [0.2, 0.25) is 6.79 Å². The zero-order chi connectivity index (χ0) is 24.7. The third kappa shape index (κ3) is 4.01. The molecule has 3 aromatic rings. The van der Waals surface area contributed by atoms with Gasteiger partial charge in [-0.2, -0.15) is 0 Å². The topological polar surface area (TPSA) is 116 Å². The van der Waals surface area contributed by atoms with Crippen LogP contribution in [0, 0.1) is 0 Å². The van der Waals surface area contributed by atoms with Crippen LogP contribution < -0.4 is 24.4 Å². The number of nitrogens with zero attached hydrogens (tertiary/aromatic N) is 2. The van der Waals surface area contributed by atoms with E-state index in [0.717, 1.165) is 0 Å². The van der Waals surface area contributed by atoms with E-state index in [9.17, 15) is 14.4 Å². The van der Waals surface area contributed by atoms with Gasteiger partial charge in [0.25, 0.3) is 5.56 Å². The maximum atomic E-state index is 13.6. The molecule has 1 N–H and O–H groups in total. The molecule has 1 atom stereocenters.